The molecule has 3 rings (SSSR count). The number of carbonyl (C=O) groups excluding carboxylic acids is 1. The third-order valence-corrected chi connectivity index (χ3v) is 6.52. The first-order valence-electron chi connectivity index (χ1n) is 10.1. The number of amides is 1. The van der Waals surface area contributed by atoms with Crippen molar-refractivity contribution in [1.29, 1.82) is 0 Å². The third kappa shape index (κ3) is 6.24. The lowest BCUT2D eigenvalue weighted by atomic mass is 10.2. The van der Waals surface area contributed by atoms with Gasteiger partial charge in [0, 0.05) is 11.6 Å². The number of anilines is 1. The van der Waals surface area contributed by atoms with Gasteiger partial charge in [-0.2, -0.15) is 0 Å². The molecule has 1 N–H and O–H groups in total. The minimum atomic E-state index is -3.97. The molecule has 0 heterocycles. The van der Waals surface area contributed by atoms with E-state index in [-0.39, 0.29) is 24.1 Å². The van der Waals surface area contributed by atoms with Gasteiger partial charge in [0.25, 0.3) is 10.0 Å². The first-order chi connectivity index (χ1) is 15.3. The number of nitrogens with zero attached hydrogens (tertiary/aromatic N) is 1. The van der Waals surface area contributed by atoms with Gasteiger partial charge in [-0.1, -0.05) is 48.0 Å². The quantitative estimate of drug-likeness (QED) is 0.492. The van der Waals surface area contributed by atoms with E-state index in [0.29, 0.717) is 10.7 Å². The highest BCUT2D eigenvalue weighted by Crippen LogP contribution is 2.26. The van der Waals surface area contributed by atoms with Crippen LogP contribution in [-0.2, 0) is 21.4 Å². The molecule has 3 aromatic rings. The Kier molecular flexibility index (Phi) is 7.77. The molecule has 168 valence electrons. The van der Waals surface area contributed by atoms with Crippen LogP contribution in [-0.4, -0.2) is 27.0 Å². The fourth-order valence-electron chi connectivity index (χ4n) is 3.01. The van der Waals surface area contributed by atoms with Crippen LogP contribution in [0, 0.1) is 0 Å². The zero-order valence-corrected chi connectivity index (χ0v) is 19.4. The lowest BCUT2D eigenvalue weighted by molar-refractivity contribution is -0.119. The van der Waals surface area contributed by atoms with Crippen molar-refractivity contribution in [3.63, 3.8) is 0 Å². The van der Waals surface area contributed by atoms with Crippen LogP contribution in [0.3, 0.4) is 0 Å². The van der Waals surface area contributed by atoms with Crippen molar-refractivity contribution in [3.8, 4) is 5.75 Å². The summed E-state index contributed by atoms with van der Waals surface area (Å²) in [5, 5.41) is 3.15. The Balaban J connectivity index is 1.75. The van der Waals surface area contributed by atoms with E-state index in [2.05, 4.69) is 5.32 Å². The summed E-state index contributed by atoms with van der Waals surface area (Å²) in [7, 11) is -3.97. The fraction of sp³-hybridized carbons (Fsp3) is 0.208. The normalized spacial score (nSPS) is 11.2. The van der Waals surface area contributed by atoms with Gasteiger partial charge in [-0.25, -0.2) is 8.42 Å². The zero-order valence-electron chi connectivity index (χ0n) is 17.9. The summed E-state index contributed by atoms with van der Waals surface area (Å²) >= 11 is 6.07. The van der Waals surface area contributed by atoms with Crippen LogP contribution in [0.5, 0.6) is 5.75 Å². The SMILES string of the molecule is CC(C)Oc1ccc(CNC(=O)CN(c2cccc(Cl)c2)S(=O)(=O)c2ccccc2)cc1. The molecule has 0 aromatic heterocycles. The standard InChI is InChI=1S/C24H25ClN2O4S/c1-18(2)31-22-13-11-19(12-14-22)16-26-24(28)17-27(21-8-6-7-20(25)15-21)32(29,30)23-9-4-3-5-10-23/h3-15,18H,16-17H2,1-2H3,(H,26,28). The van der Waals surface area contributed by atoms with Crippen LogP contribution in [0.1, 0.15) is 19.4 Å². The van der Waals surface area contributed by atoms with Crippen molar-refractivity contribution in [2.45, 2.75) is 31.4 Å². The van der Waals surface area contributed by atoms with Crippen LogP contribution in [0.2, 0.25) is 5.02 Å². The minimum Gasteiger partial charge on any atom is -0.491 e. The maximum absolute atomic E-state index is 13.3. The highest BCUT2D eigenvalue weighted by molar-refractivity contribution is 7.92. The summed E-state index contributed by atoms with van der Waals surface area (Å²) in [6, 6.07) is 21.8. The number of rotatable bonds is 9. The van der Waals surface area contributed by atoms with Gasteiger partial charge in [-0.3, -0.25) is 9.10 Å². The van der Waals surface area contributed by atoms with Crippen molar-refractivity contribution < 1.29 is 17.9 Å². The minimum absolute atomic E-state index is 0.0737. The number of carbonyl (C=O) groups is 1. The average molecular weight is 473 g/mol. The summed E-state index contributed by atoms with van der Waals surface area (Å²) in [6.07, 6.45) is 0.0737. The van der Waals surface area contributed by atoms with Crippen molar-refractivity contribution in [2.24, 2.45) is 0 Å². The Morgan fingerprint density at radius 3 is 2.31 bits per heavy atom. The van der Waals surface area contributed by atoms with Crippen LogP contribution >= 0.6 is 11.6 Å². The number of sulfonamides is 1. The number of benzene rings is 3. The first-order valence-corrected chi connectivity index (χ1v) is 11.9. The Labute approximate surface area is 193 Å². The van der Waals surface area contributed by atoms with E-state index in [4.69, 9.17) is 16.3 Å². The van der Waals surface area contributed by atoms with Gasteiger partial charge in [0.2, 0.25) is 5.91 Å². The second-order valence-corrected chi connectivity index (χ2v) is 9.69. The molecular weight excluding hydrogens is 448 g/mol. The lowest BCUT2D eigenvalue weighted by Gasteiger charge is -2.24. The molecule has 0 unspecified atom stereocenters. The smallest absolute Gasteiger partial charge is 0.264 e. The second kappa shape index (κ2) is 10.5. The molecule has 0 fully saturated rings. The fourth-order valence-corrected chi connectivity index (χ4v) is 4.63. The summed E-state index contributed by atoms with van der Waals surface area (Å²) < 4.78 is 33.2. The summed E-state index contributed by atoms with van der Waals surface area (Å²) in [5.41, 5.74) is 1.18. The molecule has 3 aromatic carbocycles. The zero-order chi connectivity index (χ0) is 23.1. The highest BCUT2D eigenvalue weighted by atomic mass is 35.5. The van der Waals surface area contributed by atoms with E-state index >= 15 is 0 Å². The molecule has 0 saturated carbocycles. The van der Waals surface area contributed by atoms with Gasteiger partial charge in [0.05, 0.1) is 16.7 Å². The van der Waals surface area contributed by atoms with E-state index in [1.54, 1.807) is 36.4 Å². The van der Waals surface area contributed by atoms with Gasteiger partial charge >= 0.3 is 0 Å². The molecule has 0 aliphatic rings. The van der Waals surface area contributed by atoms with E-state index in [0.717, 1.165) is 15.6 Å². The van der Waals surface area contributed by atoms with Crippen molar-refractivity contribution in [1.82, 2.24) is 5.32 Å². The molecule has 0 aliphatic carbocycles. The molecule has 1 amide bonds. The van der Waals surface area contributed by atoms with Crippen LogP contribution in [0.4, 0.5) is 5.69 Å². The van der Waals surface area contributed by atoms with Gasteiger partial charge in [-0.15, -0.1) is 0 Å². The van der Waals surface area contributed by atoms with Crippen molar-refractivity contribution >= 4 is 33.2 Å². The van der Waals surface area contributed by atoms with E-state index < -0.39 is 15.9 Å². The number of hydrogen-bond donors (Lipinski definition) is 1. The molecular formula is C24H25ClN2O4S. The highest BCUT2D eigenvalue weighted by Gasteiger charge is 2.27. The molecule has 0 saturated heterocycles. The Hall–Kier alpha value is -3.03. The number of halogens is 1. The topological polar surface area (TPSA) is 75.7 Å². The van der Waals surface area contributed by atoms with Gasteiger partial charge < -0.3 is 10.1 Å². The Bertz CT molecular complexity index is 1150. The monoisotopic (exact) mass is 472 g/mol. The van der Waals surface area contributed by atoms with E-state index in [1.807, 2.05) is 38.1 Å². The number of ether oxygens (including phenoxy) is 1. The molecule has 6 nitrogen and oxygen atoms in total. The van der Waals surface area contributed by atoms with Gasteiger partial charge in [0.1, 0.15) is 12.3 Å². The predicted octanol–water partition coefficient (Wildman–Crippen LogP) is 4.64. The summed E-state index contributed by atoms with van der Waals surface area (Å²) in [6.45, 7) is 3.77. The summed E-state index contributed by atoms with van der Waals surface area (Å²) in [5.74, 6) is 0.308. The molecule has 8 heteroatoms. The van der Waals surface area contributed by atoms with Crippen LogP contribution in [0.15, 0.2) is 83.8 Å². The van der Waals surface area contributed by atoms with Crippen LogP contribution in [0.25, 0.3) is 0 Å². The molecule has 32 heavy (non-hydrogen) atoms. The lowest BCUT2D eigenvalue weighted by Crippen LogP contribution is -2.40. The molecule has 0 bridgehead atoms. The molecule has 0 spiro atoms. The van der Waals surface area contributed by atoms with E-state index in [1.165, 1.54) is 18.2 Å². The van der Waals surface area contributed by atoms with Gasteiger partial charge in [-0.05, 0) is 61.9 Å². The van der Waals surface area contributed by atoms with Crippen LogP contribution < -0.4 is 14.4 Å². The summed E-state index contributed by atoms with van der Waals surface area (Å²) in [4.78, 5) is 12.8. The number of nitrogens with one attached hydrogen (secondary N) is 1. The Morgan fingerprint density at radius 1 is 1.00 bits per heavy atom. The molecule has 0 radical (unpaired) electrons. The van der Waals surface area contributed by atoms with Crippen molar-refractivity contribution in [3.05, 3.63) is 89.4 Å². The Morgan fingerprint density at radius 2 is 1.69 bits per heavy atom. The van der Waals surface area contributed by atoms with Gasteiger partial charge in [0.15, 0.2) is 0 Å². The molecule has 0 atom stereocenters. The second-order valence-electron chi connectivity index (χ2n) is 7.39. The maximum Gasteiger partial charge on any atom is 0.264 e. The maximum atomic E-state index is 13.3. The van der Waals surface area contributed by atoms with Crippen molar-refractivity contribution in [2.75, 3.05) is 10.8 Å². The average Bonchev–Trinajstić information content (AvgIpc) is 2.77. The van der Waals surface area contributed by atoms with E-state index in [9.17, 15) is 13.2 Å². The first kappa shape index (κ1) is 23.6. The predicted molar refractivity (Wildman–Crippen MR) is 126 cm³/mol. The largest absolute Gasteiger partial charge is 0.491 e. The third-order valence-electron chi connectivity index (χ3n) is 4.50. The molecule has 0 aliphatic heterocycles. The number of hydrogen-bond acceptors (Lipinski definition) is 4.